The van der Waals surface area contributed by atoms with E-state index in [4.69, 9.17) is 15.6 Å². The molecule has 0 aliphatic carbocycles. The Morgan fingerprint density at radius 3 is 2.85 bits per heavy atom. The summed E-state index contributed by atoms with van der Waals surface area (Å²) in [6, 6.07) is 0. The zero-order valence-corrected chi connectivity index (χ0v) is 7.75. The first-order chi connectivity index (χ1) is 6.07. The van der Waals surface area contributed by atoms with Crippen LogP contribution >= 0.6 is 0 Å². The van der Waals surface area contributed by atoms with Gasteiger partial charge in [-0.25, -0.2) is 0 Å². The van der Waals surface area contributed by atoms with E-state index in [9.17, 15) is 4.79 Å². The zero-order valence-electron chi connectivity index (χ0n) is 7.75. The minimum absolute atomic E-state index is 0.0473. The van der Waals surface area contributed by atoms with Gasteiger partial charge in [0.2, 0.25) is 5.91 Å². The molecule has 5 nitrogen and oxygen atoms in total. The zero-order chi connectivity index (χ0) is 10.3. The highest BCUT2D eigenvalue weighted by molar-refractivity contribution is 5.92. The number of amides is 1. The quantitative estimate of drug-likeness (QED) is 0.367. The van der Waals surface area contributed by atoms with Gasteiger partial charge in [0.05, 0.1) is 13.2 Å². The molecule has 4 N–H and O–H groups in total. The molecule has 1 amide bonds. The lowest BCUT2D eigenvalue weighted by atomic mass is 10.3. The van der Waals surface area contributed by atoms with Gasteiger partial charge in [0.15, 0.2) is 6.29 Å². The van der Waals surface area contributed by atoms with Crippen LogP contribution < -0.4 is 11.1 Å². The van der Waals surface area contributed by atoms with Crippen molar-refractivity contribution < 1.29 is 14.6 Å². The second-order valence-corrected chi connectivity index (χ2v) is 2.60. The van der Waals surface area contributed by atoms with Crippen LogP contribution in [0.3, 0.4) is 0 Å². The van der Waals surface area contributed by atoms with Crippen LogP contribution in [0.2, 0.25) is 0 Å². The fourth-order valence-corrected chi connectivity index (χ4v) is 0.594. The van der Waals surface area contributed by atoms with Gasteiger partial charge in [-0.15, -0.1) is 0 Å². The number of aliphatic hydroxyl groups excluding tert-OH is 1. The molecule has 0 heterocycles. The van der Waals surface area contributed by atoms with Crippen LogP contribution in [0.4, 0.5) is 0 Å². The maximum Gasteiger partial charge on any atom is 0.246 e. The van der Waals surface area contributed by atoms with Gasteiger partial charge in [0, 0.05) is 12.1 Å². The van der Waals surface area contributed by atoms with E-state index in [-0.39, 0.29) is 19.1 Å². The summed E-state index contributed by atoms with van der Waals surface area (Å²) in [6.45, 7) is 5.68. The predicted molar refractivity (Wildman–Crippen MR) is 48.8 cm³/mol. The maximum absolute atomic E-state index is 10.9. The third-order valence-electron chi connectivity index (χ3n) is 1.25. The van der Waals surface area contributed by atoms with Crippen molar-refractivity contribution in [3.05, 3.63) is 12.2 Å². The van der Waals surface area contributed by atoms with Gasteiger partial charge in [0.1, 0.15) is 0 Å². The monoisotopic (exact) mass is 188 g/mol. The van der Waals surface area contributed by atoms with Gasteiger partial charge in [-0.05, 0) is 6.92 Å². The van der Waals surface area contributed by atoms with Crippen LogP contribution in [0, 0.1) is 0 Å². The highest BCUT2D eigenvalue weighted by Gasteiger charge is 2.06. The molecule has 0 fully saturated rings. The van der Waals surface area contributed by atoms with E-state index in [1.54, 1.807) is 6.92 Å². The van der Waals surface area contributed by atoms with Crippen LogP contribution in [0.15, 0.2) is 12.2 Å². The Kier molecular flexibility index (Phi) is 6.13. The number of nitrogens with one attached hydrogen (secondary N) is 1. The van der Waals surface area contributed by atoms with Crippen molar-refractivity contribution in [3.63, 3.8) is 0 Å². The third-order valence-corrected chi connectivity index (χ3v) is 1.25. The number of hydrogen-bond donors (Lipinski definition) is 3. The first-order valence-corrected chi connectivity index (χ1v) is 4.01. The Bertz CT molecular complexity index is 182. The molecule has 1 atom stereocenters. The van der Waals surface area contributed by atoms with Crippen molar-refractivity contribution in [2.75, 3.05) is 19.7 Å². The van der Waals surface area contributed by atoms with Gasteiger partial charge >= 0.3 is 0 Å². The molecular formula is C8H16N2O3. The van der Waals surface area contributed by atoms with E-state index in [0.29, 0.717) is 12.1 Å². The number of rotatable bonds is 6. The molecule has 0 radical (unpaired) electrons. The number of ether oxygens (including phenoxy) is 1. The van der Waals surface area contributed by atoms with E-state index in [2.05, 4.69) is 11.9 Å². The van der Waals surface area contributed by atoms with Crippen LogP contribution in [0.25, 0.3) is 0 Å². The van der Waals surface area contributed by atoms with Gasteiger partial charge in [-0.2, -0.15) is 0 Å². The molecule has 1 unspecified atom stereocenters. The molecule has 0 saturated carbocycles. The number of hydrogen-bond acceptors (Lipinski definition) is 4. The summed E-state index contributed by atoms with van der Waals surface area (Å²) < 4.78 is 4.81. The van der Waals surface area contributed by atoms with Gasteiger partial charge in [-0.3, -0.25) is 4.79 Å². The third kappa shape index (κ3) is 6.27. The summed E-state index contributed by atoms with van der Waals surface area (Å²) in [5.74, 6) is -0.296. The average Bonchev–Trinajstić information content (AvgIpc) is 2.10. The van der Waals surface area contributed by atoms with Crippen molar-refractivity contribution in [1.82, 2.24) is 5.32 Å². The second kappa shape index (κ2) is 6.59. The van der Waals surface area contributed by atoms with Gasteiger partial charge < -0.3 is 20.9 Å². The van der Waals surface area contributed by atoms with Gasteiger partial charge in [0.25, 0.3) is 0 Å². The predicted octanol–water partition coefficient (Wildman–Crippen LogP) is -1.03. The SMILES string of the molecule is C=C(C)C(=O)NCC(O)OCCN. The minimum Gasteiger partial charge on any atom is -0.366 e. The molecule has 0 aliphatic rings. The summed E-state index contributed by atoms with van der Waals surface area (Å²) in [7, 11) is 0. The van der Waals surface area contributed by atoms with Crippen molar-refractivity contribution in [2.24, 2.45) is 5.73 Å². The fourth-order valence-electron chi connectivity index (χ4n) is 0.594. The maximum atomic E-state index is 10.9. The summed E-state index contributed by atoms with van der Waals surface area (Å²) in [5.41, 5.74) is 5.54. The largest absolute Gasteiger partial charge is 0.366 e. The Morgan fingerprint density at radius 1 is 1.77 bits per heavy atom. The lowest BCUT2D eigenvalue weighted by molar-refractivity contribution is -0.123. The first-order valence-electron chi connectivity index (χ1n) is 4.01. The molecule has 0 bridgehead atoms. The van der Waals surface area contributed by atoms with E-state index in [0.717, 1.165) is 0 Å². The molecule has 0 aromatic rings. The van der Waals surface area contributed by atoms with Gasteiger partial charge in [-0.1, -0.05) is 6.58 Å². The average molecular weight is 188 g/mol. The standard InChI is InChI=1S/C8H16N2O3/c1-6(2)8(12)10-5-7(11)13-4-3-9/h7,11H,1,3-5,9H2,2H3,(H,10,12). The van der Waals surface area contributed by atoms with Crippen LogP contribution in [-0.4, -0.2) is 37.0 Å². The van der Waals surface area contributed by atoms with Crippen molar-refractivity contribution in [2.45, 2.75) is 13.2 Å². The van der Waals surface area contributed by atoms with Crippen LogP contribution in [-0.2, 0) is 9.53 Å². The van der Waals surface area contributed by atoms with E-state index in [1.165, 1.54) is 0 Å². The molecule has 76 valence electrons. The van der Waals surface area contributed by atoms with Crippen LogP contribution in [0.1, 0.15) is 6.92 Å². The molecular weight excluding hydrogens is 172 g/mol. The molecule has 0 aliphatic heterocycles. The molecule has 0 saturated heterocycles. The Balaban J connectivity index is 3.51. The second-order valence-electron chi connectivity index (χ2n) is 2.60. The molecule has 0 spiro atoms. The normalized spacial score (nSPS) is 12.2. The summed E-state index contributed by atoms with van der Waals surface area (Å²) >= 11 is 0. The van der Waals surface area contributed by atoms with E-state index < -0.39 is 6.29 Å². The molecule has 0 aromatic heterocycles. The molecule has 5 heteroatoms. The van der Waals surface area contributed by atoms with Crippen molar-refractivity contribution in [3.8, 4) is 0 Å². The smallest absolute Gasteiger partial charge is 0.246 e. The highest BCUT2D eigenvalue weighted by Crippen LogP contribution is 1.88. The highest BCUT2D eigenvalue weighted by atomic mass is 16.6. The Morgan fingerprint density at radius 2 is 2.38 bits per heavy atom. The first kappa shape index (κ1) is 12.1. The number of aliphatic hydroxyl groups is 1. The lowest BCUT2D eigenvalue weighted by Gasteiger charge is -2.11. The molecule has 0 rings (SSSR count). The Labute approximate surface area is 77.6 Å². The number of carbonyl (C=O) groups is 1. The van der Waals surface area contributed by atoms with Crippen molar-refractivity contribution >= 4 is 5.91 Å². The number of carbonyl (C=O) groups excluding carboxylic acids is 1. The summed E-state index contributed by atoms with van der Waals surface area (Å²) in [6.07, 6.45) is -1.01. The van der Waals surface area contributed by atoms with E-state index >= 15 is 0 Å². The lowest BCUT2D eigenvalue weighted by Crippen LogP contribution is -2.34. The van der Waals surface area contributed by atoms with E-state index in [1.807, 2.05) is 0 Å². The minimum atomic E-state index is -1.01. The summed E-state index contributed by atoms with van der Waals surface area (Å²) in [4.78, 5) is 10.9. The molecule has 0 aromatic carbocycles. The molecule has 13 heavy (non-hydrogen) atoms. The fraction of sp³-hybridized carbons (Fsp3) is 0.625. The number of nitrogens with two attached hydrogens (primary N) is 1. The summed E-state index contributed by atoms with van der Waals surface area (Å²) in [5, 5.41) is 11.5. The topological polar surface area (TPSA) is 84.6 Å². The van der Waals surface area contributed by atoms with Crippen molar-refractivity contribution in [1.29, 1.82) is 0 Å². The van der Waals surface area contributed by atoms with Crippen LogP contribution in [0.5, 0.6) is 0 Å². The Hall–Kier alpha value is -0.910.